The molecule has 0 aliphatic carbocycles. The van der Waals surface area contributed by atoms with Crippen molar-refractivity contribution in [3.63, 3.8) is 0 Å². The number of nitrogens with one attached hydrogen (secondary N) is 1. The number of halogens is 2. The third-order valence-corrected chi connectivity index (χ3v) is 4.70. The Bertz CT molecular complexity index is 855. The Morgan fingerprint density at radius 1 is 1.14 bits per heavy atom. The van der Waals surface area contributed by atoms with Gasteiger partial charge in [-0.2, -0.15) is 0 Å². The fraction of sp³-hybridized carbons (Fsp3) is 0. The Hall–Kier alpha value is -2.03. The summed E-state index contributed by atoms with van der Waals surface area (Å²) in [6.07, 6.45) is 0. The molecule has 0 atom stereocenters. The maximum atomic E-state index is 12.3. The summed E-state index contributed by atoms with van der Waals surface area (Å²) in [6.45, 7) is 0. The zero-order chi connectivity index (χ0) is 16.5. The monoisotopic (exact) mass is 362 g/mol. The summed E-state index contributed by atoms with van der Waals surface area (Å²) >= 11 is 11.6. The minimum Gasteiger partial charge on any atom is -0.506 e. The normalized spacial score (nSPS) is 11.2. The van der Waals surface area contributed by atoms with Crippen LogP contribution in [0.15, 0.2) is 41.3 Å². The Morgan fingerprint density at radius 2 is 1.82 bits per heavy atom. The third kappa shape index (κ3) is 3.41. The van der Waals surface area contributed by atoms with E-state index in [1.54, 1.807) is 0 Å². The molecule has 2 rings (SSSR count). The van der Waals surface area contributed by atoms with E-state index in [2.05, 4.69) is 0 Å². The van der Waals surface area contributed by atoms with E-state index in [1.807, 2.05) is 4.72 Å². The standard InChI is InChI=1S/C12H8Cl2N2O5S/c13-7-1-3-9(14)12(5-7)22(20,21)15-10-6-8(16(18)19)2-4-11(10)17/h1-6,15,17H. The zero-order valence-electron chi connectivity index (χ0n) is 10.7. The van der Waals surface area contributed by atoms with Crippen molar-refractivity contribution in [2.24, 2.45) is 0 Å². The average molecular weight is 363 g/mol. The van der Waals surface area contributed by atoms with E-state index in [1.165, 1.54) is 12.1 Å². The molecular formula is C12H8Cl2N2O5S. The molecule has 22 heavy (non-hydrogen) atoms. The van der Waals surface area contributed by atoms with Gasteiger partial charge in [0.05, 0.1) is 15.6 Å². The predicted molar refractivity (Wildman–Crippen MR) is 82.0 cm³/mol. The number of anilines is 1. The maximum absolute atomic E-state index is 12.3. The number of nitro benzene ring substituents is 1. The van der Waals surface area contributed by atoms with E-state index in [4.69, 9.17) is 23.2 Å². The van der Waals surface area contributed by atoms with Crippen LogP contribution >= 0.6 is 23.2 Å². The van der Waals surface area contributed by atoms with Crippen LogP contribution in [0.2, 0.25) is 10.0 Å². The van der Waals surface area contributed by atoms with Crippen LogP contribution in [0.1, 0.15) is 0 Å². The highest BCUT2D eigenvalue weighted by molar-refractivity contribution is 7.92. The number of aromatic hydroxyl groups is 1. The van der Waals surface area contributed by atoms with Crippen molar-refractivity contribution in [2.45, 2.75) is 4.90 Å². The molecule has 2 N–H and O–H groups in total. The van der Waals surface area contributed by atoms with Gasteiger partial charge in [0.15, 0.2) is 0 Å². The number of hydrogen-bond donors (Lipinski definition) is 2. The molecule has 0 radical (unpaired) electrons. The fourth-order valence-electron chi connectivity index (χ4n) is 1.60. The Kier molecular flexibility index (Phi) is 4.45. The van der Waals surface area contributed by atoms with Gasteiger partial charge in [0.2, 0.25) is 0 Å². The van der Waals surface area contributed by atoms with Crippen LogP contribution < -0.4 is 4.72 Å². The van der Waals surface area contributed by atoms with Crippen LogP contribution in [-0.4, -0.2) is 18.4 Å². The highest BCUT2D eigenvalue weighted by Gasteiger charge is 2.21. The van der Waals surface area contributed by atoms with Gasteiger partial charge in [-0.15, -0.1) is 0 Å². The molecule has 2 aromatic rings. The summed E-state index contributed by atoms with van der Waals surface area (Å²) in [5.41, 5.74) is -0.724. The van der Waals surface area contributed by atoms with Gasteiger partial charge in [0.25, 0.3) is 15.7 Å². The van der Waals surface area contributed by atoms with Crippen molar-refractivity contribution in [3.8, 4) is 5.75 Å². The molecule has 0 amide bonds. The zero-order valence-corrected chi connectivity index (χ0v) is 13.0. The van der Waals surface area contributed by atoms with E-state index in [0.29, 0.717) is 0 Å². The van der Waals surface area contributed by atoms with Crippen LogP contribution in [0.3, 0.4) is 0 Å². The third-order valence-electron chi connectivity index (χ3n) is 2.62. The van der Waals surface area contributed by atoms with Crippen LogP contribution in [-0.2, 0) is 10.0 Å². The summed E-state index contributed by atoms with van der Waals surface area (Å²) in [5.74, 6) is -0.465. The number of non-ortho nitro benzene ring substituents is 1. The van der Waals surface area contributed by atoms with Crippen molar-refractivity contribution in [3.05, 3.63) is 56.6 Å². The molecule has 0 aliphatic rings. The van der Waals surface area contributed by atoms with Crippen LogP contribution in [0.4, 0.5) is 11.4 Å². The molecule has 0 spiro atoms. The summed E-state index contributed by atoms with van der Waals surface area (Å²) in [5, 5.41) is 20.4. The second-order valence-corrected chi connectivity index (χ2v) is 6.63. The van der Waals surface area contributed by atoms with Gasteiger partial charge in [-0.3, -0.25) is 14.8 Å². The molecule has 0 bridgehead atoms. The number of sulfonamides is 1. The molecule has 0 saturated carbocycles. The highest BCUT2D eigenvalue weighted by Crippen LogP contribution is 2.32. The number of hydrogen-bond acceptors (Lipinski definition) is 5. The van der Waals surface area contributed by atoms with Crippen LogP contribution in [0.25, 0.3) is 0 Å². The SMILES string of the molecule is O=[N+]([O-])c1ccc(O)c(NS(=O)(=O)c2cc(Cl)ccc2Cl)c1. The van der Waals surface area contributed by atoms with E-state index in [-0.39, 0.29) is 26.3 Å². The van der Waals surface area contributed by atoms with Crippen molar-refractivity contribution < 1.29 is 18.4 Å². The second kappa shape index (κ2) is 5.99. The van der Waals surface area contributed by atoms with Crippen molar-refractivity contribution >= 4 is 44.6 Å². The molecule has 0 fully saturated rings. The van der Waals surface area contributed by atoms with Gasteiger partial charge >= 0.3 is 0 Å². The Morgan fingerprint density at radius 3 is 2.45 bits per heavy atom. The van der Waals surface area contributed by atoms with E-state index in [0.717, 1.165) is 24.3 Å². The van der Waals surface area contributed by atoms with Gasteiger partial charge in [-0.05, 0) is 24.3 Å². The van der Waals surface area contributed by atoms with Crippen molar-refractivity contribution in [2.75, 3.05) is 4.72 Å². The molecule has 2 aromatic carbocycles. The lowest BCUT2D eigenvalue weighted by Crippen LogP contribution is -2.13. The smallest absolute Gasteiger partial charge is 0.271 e. The van der Waals surface area contributed by atoms with Gasteiger partial charge < -0.3 is 5.11 Å². The number of phenolic OH excluding ortho intramolecular Hbond substituents is 1. The molecule has 0 heterocycles. The Balaban J connectivity index is 2.47. The molecule has 0 unspecified atom stereocenters. The summed E-state index contributed by atoms with van der Waals surface area (Å²) < 4.78 is 26.6. The summed E-state index contributed by atoms with van der Waals surface area (Å²) in [4.78, 5) is 9.68. The van der Waals surface area contributed by atoms with Gasteiger partial charge in [0.1, 0.15) is 10.6 Å². The van der Waals surface area contributed by atoms with Crippen LogP contribution in [0, 0.1) is 10.1 Å². The highest BCUT2D eigenvalue weighted by atomic mass is 35.5. The topological polar surface area (TPSA) is 110 Å². The predicted octanol–water partition coefficient (Wildman–Crippen LogP) is 3.41. The summed E-state index contributed by atoms with van der Waals surface area (Å²) in [7, 11) is -4.18. The lowest BCUT2D eigenvalue weighted by molar-refractivity contribution is -0.384. The summed E-state index contributed by atoms with van der Waals surface area (Å²) in [6, 6.07) is 6.78. The van der Waals surface area contributed by atoms with Crippen molar-refractivity contribution in [1.29, 1.82) is 0 Å². The first-order valence-corrected chi connectivity index (χ1v) is 7.90. The van der Waals surface area contributed by atoms with Gasteiger partial charge in [0, 0.05) is 17.2 Å². The quantitative estimate of drug-likeness (QED) is 0.491. The van der Waals surface area contributed by atoms with Gasteiger partial charge in [-0.25, -0.2) is 8.42 Å². The molecule has 10 heteroatoms. The number of phenols is 1. The minimum absolute atomic E-state index is 0.0816. The van der Waals surface area contributed by atoms with Gasteiger partial charge in [-0.1, -0.05) is 23.2 Å². The molecule has 0 aromatic heterocycles. The number of rotatable bonds is 4. The molecule has 7 nitrogen and oxygen atoms in total. The first kappa shape index (κ1) is 16.3. The molecule has 116 valence electrons. The fourth-order valence-corrected chi connectivity index (χ4v) is 3.43. The van der Waals surface area contributed by atoms with E-state index < -0.39 is 20.7 Å². The largest absolute Gasteiger partial charge is 0.506 e. The van der Waals surface area contributed by atoms with Crippen LogP contribution in [0.5, 0.6) is 5.75 Å². The molecule has 0 aliphatic heterocycles. The van der Waals surface area contributed by atoms with E-state index >= 15 is 0 Å². The number of benzene rings is 2. The van der Waals surface area contributed by atoms with Crippen molar-refractivity contribution in [1.82, 2.24) is 0 Å². The first-order chi connectivity index (χ1) is 10.2. The molecule has 0 saturated heterocycles. The lowest BCUT2D eigenvalue weighted by Gasteiger charge is -2.11. The average Bonchev–Trinajstić information content (AvgIpc) is 2.43. The minimum atomic E-state index is -4.18. The molecular weight excluding hydrogens is 355 g/mol. The lowest BCUT2D eigenvalue weighted by atomic mass is 10.2. The first-order valence-electron chi connectivity index (χ1n) is 5.66. The number of nitro groups is 1. The number of nitrogens with zero attached hydrogens (tertiary/aromatic N) is 1. The Labute approximate surface area is 135 Å². The maximum Gasteiger partial charge on any atom is 0.271 e. The second-order valence-electron chi connectivity index (χ2n) is 4.14. The van der Waals surface area contributed by atoms with E-state index in [9.17, 15) is 23.6 Å².